The Morgan fingerprint density at radius 1 is 1.67 bits per heavy atom. The number of anilines is 1. The van der Waals surface area contributed by atoms with Crippen LogP contribution < -0.4 is 5.01 Å². The van der Waals surface area contributed by atoms with Crippen LogP contribution in [0, 0.1) is 10.1 Å². The van der Waals surface area contributed by atoms with Gasteiger partial charge in [-0.25, -0.2) is 15.1 Å². The lowest BCUT2D eigenvalue weighted by atomic mass is 10.2. The van der Waals surface area contributed by atoms with Gasteiger partial charge in [0.05, 0.1) is 6.54 Å². The van der Waals surface area contributed by atoms with Gasteiger partial charge in [0.2, 0.25) is 0 Å². The summed E-state index contributed by atoms with van der Waals surface area (Å²) in [7, 11) is 0. The van der Waals surface area contributed by atoms with E-state index in [4.69, 9.17) is 0 Å². The lowest BCUT2D eigenvalue weighted by Gasteiger charge is -2.04. The third-order valence-electron chi connectivity index (χ3n) is 1.90. The molecule has 1 aromatic heterocycles. The number of hydrogen-bond donors (Lipinski definition) is 0. The standard InChI is InChI=1S/C7H7N3O2/c11-10(12)9-5-3-6-2-1-4-8-7(6)9/h1-2,4H,3,5H2. The first-order valence-electron chi connectivity index (χ1n) is 3.65. The van der Waals surface area contributed by atoms with Crippen molar-refractivity contribution in [2.45, 2.75) is 6.42 Å². The summed E-state index contributed by atoms with van der Waals surface area (Å²) in [5, 5.41) is 11.1. The summed E-state index contributed by atoms with van der Waals surface area (Å²) < 4.78 is 0. The zero-order chi connectivity index (χ0) is 8.55. The molecule has 0 radical (unpaired) electrons. The Morgan fingerprint density at radius 2 is 2.50 bits per heavy atom. The zero-order valence-corrected chi connectivity index (χ0v) is 6.30. The number of hydrazine groups is 1. The summed E-state index contributed by atoms with van der Waals surface area (Å²) in [5.74, 6) is 0.488. The third-order valence-corrected chi connectivity index (χ3v) is 1.90. The fraction of sp³-hybridized carbons (Fsp3) is 0.286. The van der Waals surface area contributed by atoms with Crippen LogP contribution in [0.3, 0.4) is 0 Å². The lowest BCUT2D eigenvalue weighted by Crippen LogP contribution is -2.27. The highest BCUT2D eigenvalue weighted by atomic mass is 16.7. The van der Waals surface area contributed by atoms with Crippen LogP contribution in [0.4, 0.5) is 5.82 Å². The quantitative estimate of drug-likeness (QED) is 0.452. The van der Waals surface area contributed by atoms with E-state index in [1.165, 1.54) is 0 Å². The van der Waals surface area contributed by atoms with Crippen LogP contribution in [-0.4, -0.2) is 16.6 Å². The van der Waals surface area contributed by atoms with Crippen molar-refractivity contribution in [3.05, 3.63) is 34.0 Å². The summed E-state index contributed by atoms with van der Waals surface area (Å²) in [5.41, 5.74) is 0.953. The van der Waals surface area contributed by atoms with E-state index in [0.717, 1.165) is 10.6 Å². The third kappa shape index (κ3) is 0.903. The maximum absolute atomic E-state index is 10.5. The fourth-order valence-electron chi connectivity index (χ4n) is 1.35. The Bertz CT molecular complexity index is 326. The lowest BCUT2D eigenvalue weighted by molar-refractivity contribution is -0.493. The van der Waals surface area contributed by atoms with Crippen LogP contribution in [0.25, 0.3) is 0 Å². The van der Waals surface area contributed by atoms with Crippen molar-refractivity contribution in [1.29, 1.82) is 0 Å². The Morgan fingerprint density at radius 3 is 3.25 bits per heavy atom. The van der Waals surface area contributed by atoms with Gasteiger partial charge >= 0.3 is 0 Å². The average molecular weight is 165 g/mol. The van der Waals surface area contributed by atoms with Gasteiger partial charge in [0.15, 0.2) is 10.9 Å². The van der Waals surface area contributed by atoms with E-state index in [9.17, 15) is 10.1 Å². The van der Waals surface area contributed by atoms with Crippen molar-refractivity contribution in [2.75, 3.05) is 11.6 Å². The van der Waals surface area contributed by atoms with Crippen LogP contribution in [0.2, 0.25) is 0 Å². The highest BCUT2D eigenvalue weighted by Crippen LogP contribution is 2.23. The van der Waals surface area contributed by atoms with E-state index in [1.54, 1.807) is 12.3 Å². The van der Waals surface area contributed by atoms with Crippen LogP contribution >= 0.6 is 0 Å². The summed E-state index contributed by atoms with van der Waals surface area (Å²) >= 11 is 0. The van der Waals surface area contributed by atoms with E-state index in [2.05, 4.69) is 4.98 Å². The first kappa shape index (κ1) is 7.02. The molecule has 0 unspecified atom stereocenters. The maximum Gasteiger partial charge on any atom is 0.197 e. The molecule has 0 atom stereocenters. The largest absolute Gasteiger partial charge is 0.234 e. The van der Waals surface area contributed by atoms with Crippen molar-refractivity contribution in [3.8, 4) is 0 Å². The first-order valence-corrected chi connectivity index (χ1v) is 3.65. The Balaban J connectivity index is 2.42. The van der Waals surface area contributed by atoms with Gasteiger partial charge in [-0.1, -0.05) is 11.1 Å². The highest BCUT2D eigenvalue weighted by Gasteiger charge is 2.27. The second-order valence-corrected chi connectivity index (χ2v) is 2.60. The molecule has 1 aromatic rings. The van der Waals surface area contributed by atoms with Crippen LogP contribution in [0.15, 0.2) is 18.3 Å². The fourth-order valence-corrected chi connectivity index (χ4v) is 1.35. The minimum Gasteiger partial charge on any atom is -0.234 e. The van der Waals surface area contributed by atoms with Gasteiger partial charge < -0.3 is 0 Å². The van der Waals surface area contributed by atoms with Crippen molar-refractivity contribution >= 4 is 5.82 Å². The number of nitrogens with zero attached hydrogens (tertiary/aromatic N) is 3. The molecule has 62 valence electrons. The number of nitro groups is 1. The molecule has 0 bridgehead atoms. The topological polar surface area (TPSA) is 59.3 Å². The molecule has 12 heavy (non-hydrogen) atoms. The molecule has 2 rings (SSSR count). The van der Waals surface area contributed by atoms with Gasteiger partial charge in [-0.2, -0.15) is 0 Å². The van der Waals surface area contributed by atoms with Crippen molar-refractivity contribution in [1.82, 2.24) is 4.98 Å². The highest BCUT2D eigenvalue weighted by molar-refractivity contribution is 5.48. The molecule has 0 amide bonds. The number of aromatic nitrogens is 1. The summed E-state index contributed by atoms with van der Waals surface area (Å²) in [4.78, 5) is 14.4. The molecule has 0 aromatic carbocycles. The molecule has 0 N–H and O–H groups in total. The van der Waals surface area contributed by atoms with Gasteiger partial charge in [-0.15, -0.1) is 0 Å². The number of pyridine rings is 1. The molecule has 5 heteroatoms. The minimum absolute atomic E-state index is 0.418. The maximum atomic E-state index is 10.5. The van der Waals surface area contributed by atoms with Crippen LogP contribution in [0.1, 0.15) is 5.56 Å². The number of hydrogen-bond acceptors (Lipinski definition) is 3. The Labute approximate surface area is 68.8 Å². The predicted octanol–water partition coefficient (Wildman–Crippen LogP) is 0.636. The van der Waals surface area contributed by atoms with E-state index in [0.29, 0.717) is 18.8 Å². The molecule has 1 aliphatic rings. The summed E-state index contributed by atoms with van der Waals surface area (Å²) in [6, 6.07) is 3.66. The van der Waals surface area contributed by atoms with Crippen molar-refractivity contribution in [3.63, 3.8) is 0 Å². The summed E-state index contributed by atoms with van der Waals surface area (Å²) in [6.45, 7) is 0.430. The van der Waals surface area contributed by atoms with E-state index in [1.807, 2.05) is 6.07 Å². The van der Waals surface area contributed by atoms with Crippen molar-refractivity contribution in [2.24, 2.45) is 0 Å². The van der Waals surface area contributed by atoms with E-state index >= 15 is 0 Å². The normalized spacial score (nSPS) is 14.5. The van der Waals surface area contributed by atoms with Gasteiger partial charge in [0, 0.05) is 11.8 Å². The van der Waals surface area contributed by atoms with Gasteiger partial charge in [0.1, 0.15) is 0 Å². The molecular formula is C7H7N3O2. The molecule has 0 aliphatic carbocycles. The van der Waals surface area contributed by atoms with Gasteiger partial charge in [0.25, 0.3) is 0 Å². The molecule has 0 fully saturated rings. The predicted molar refractivity (Wildman–Crippen MR) is 42.3 cm³/mol. The average Bonchev–Trinajstić information content (AvgIpc) is 2.47. The first-order chi connectivity index (χ1) is 5.79. The SMILES string of the molecule is O=[N+]([O-])N1CCc2cccnc21. The van der Waals surface area contributed by atoms with E-state index in [-0.39, 0.29) is 0 Å². The molecule has 0 saturated carbocycles. The zero-order valence-electron chi connectivity index (χ0n) is 6.30. The minimum atomic E-state index is -0.418. The summed E-state index contributed by atoms with van der Waals surface area (Å²) in [6.07, 6.45) is 2.28. The molecule has 5 nitrogen and oxygen atoms in total. The second kappa shape index (κ2) is 2.44. The number of fused-ring (bicyclic) bond motifs is 1. The van der Waals surface area contributed by atoms with Gasteiger partial charge in [-0.3, -0.25) is 0 Å². The van der Waals surface area contributed by atoms with Crippen LogP contribution in [-0.2, 0) is 6.42 Å². The molecular weight excluding hydrogens is 158 g/mol. The molecule has 0 spiro atoms. The monoisotopic (exact) mass is 165 g/mol. The molecule has 1 aliphatic heterocycles. The second-order valence-electron chi connectivity index (χ2n) is 2.60. The molecule has 2 heterocycles. The number of rotatable bonds is 1. The Kier molecular flexibility index (Phi) is 1.43. The Hall–Kier alpha value is -1.65. The smallest absolute Gasteiger partial charge is 0.197 e. The van der Waals surface area contributed by atoms with Gasteiger partial charge in [-0.05, 0) is 12.5 Å². The van der Waals surface area contributed by atoms with E-state index < -0.39 is 5.03 Å². The van der Waals surface area contributed by atoms with Crippen molar-refractivity contribution < 1.29 is 5.03 Å². The molecule has 0 saturated heterocycles. The van der Waals surface area contributed by atoms with Crippen LogP contribution in [0.5, 0.6) is 0 Å².